The summed E-state index contributed by atoms with van der Waals surface area (Å²) in [6.45, 7) is 3.99. The number of amides is 1. The van der Waals surface area contributed by atoms with Crippen molar-refractivity contribution in [1.82, 2.24) is 15.1 Å². The van der Waals surface area contributed by atoms with Crippen molar-refractivity contribution in [1.29, 1.82) is 0 Å². The molecule has 1 aliphatic rings. The second kappa shape index (κ2) is 7.42. The zero-order chi connectivity index (χ0) is 16.1. The molecule has 2 heterocycles. The maximum absolute atomic E-state index is 12.6. The van der Waals surface area contributed by atoms with Gasteiger partial charge in [-0.1, -0.05) is 43.2 Å². The third-order valence-corrected chi connectivity index (χ3v) is 4.54. The first kappa shape index (κ1) is 15.7. The molecular formula is C18H24N4O. The van der Waals surface area contributed by atoms with E-state index < -0.39 is 0 Å². The van der Waals surface area contributed by atoms with E-state index in [1.165, 1.54) is 25.7 Å². The van der Waals surface area contributed by atoms with E-state index in [9.17, 15) is 4.79 Å². The summed E-state index contributed by atoms with van der Waals surface area (Å²) in [4.78, 5) is 14.9. The Morgan fingerprint density at radius 2 is 1.87 bits per heavy atom. The highest BCUT2D eigenvalue weighted by atomic mass is 16.2. The minimum Gasteiger partial charge on any atom is -0.309 e. The molecular weight excluding hydrogens is 288 g/mol. The van der Waals surface area contributed by atoms with Crippen molar-refractivity contribution in [3.63, 3.8) is 0 Å². The van der Waals surface area contributed by atoms with Crippen LogP contribution in [0.3, 0.4) is 0 Å². The van der Waals surface area contributed by atoms with Crippen LogP contribution < -0.4 is 5.32 Å². The normalized spacial score (nSPS) is 17.4. The van der Waals surface area contributed by atoms with Crippen molar-refractivity contribution in [2.75, 3.05) is 18.4 Å². The summed E-state index contributed by atoms with van der Waals surface area (Å²) in [6, 6.07) is 9.84. The maximum Gasteiger partial charge on any atom is 0.242 e. The van der Waals surface area contributed by atoms with Crippen LogP contribution in [0.25, 0.3) is 11.1 Å². The average molecular weight is 312 g/mol. The van der Waals surface area contributed by atoms with Gasteiger partial charge in [-0.3, -0.25) is 14.8 Å². The lowest BCUT2D eigenvalue weighted by atomic mass is 10.1. The molecule has 1 atom stereocenters. The fraction of sp³-hybridized carbons (Fsp3) is 0.444. The molecule has 1 amide bonds. The third kappa shape index (κ3) is 3.79. The van der Waals surface area contributed by atoms with E-state index in [1.807, 2.05) is 37.3 Å². The number of nitrogens with zero attached hydrogens (tertiary/aromatic N) is 2. The van der Waals surface area contributed by atoms with E-state index in [4.69, 9.17) is 0 Å². The second-order valence-corrected chi connectivity index (χ2v) is 6.14. The van der Waals surface area contributed by atoms with Crippen LogP contribution in [-0.4, -0.2) is 40.1 Å². The highest BCUT2D eigenvalue weighted by Gasteiger charge is 2.23. The van der Waals surface area contributed by atoms with Gasteiger partial charge in [-0.2, -0.15) is 5.10 Å². The van der Waals surface area contributed by atoms with Gasteiger partial charge in [0.15, 0.2) is 0 Å². The Hall–Kier alpha value is -2.14. The van der Waals surface area contributed by atoms with Crippen LogP contribution in [0.5, 0.6) is 0 Å². The van der Waals surface area contributed by atoms with Crippen molar-refractivity contribution >= 4 is 11.7 Å². The molecule has 1 unspecified atom stereocenters. The number of rotatable bonds is 4. The SMILES string of the molecule is CC(C(=O)Nc1[nH]ncc1-c1ccccc1)N1CCCCCC1. The number of aromatic nitrogens is 2. The van der Waals surface area contributed by atoms with Crippen molar-refractivity contribution in [2.24, 2.45) is 0 Å². The number of nitrogens with one attached hydrogen (secondary N) is 2. The highest BCUT2D eigenvalue weighted by Crippen LogP contribution is 2.25. The molecule has 2 N–H and O–H groups in total. The van der Waals surface area contributed by atoms with Crippen molar-refractivity contribution in [3.05, 3.63) is 36.5 Å². The summed E-state index contributed by atoms with van der Waals surface area (Å²) >= 11 is 0. The van der Waals surface area contributed by atoms with Crippen molar-refractivity contribution < 1.29 is 4.79 Å². The Morgan fingerprint density at radius 1 is 1.17 bits per heavy atom. The van der Waals surface area contributed by atoms with Gasteiger partial charge in [0.2, 0.25) is 5.91 Å². The molecule has 122 valence electrons. The molecule has 1 fully saturated rings. The van der Waals surface area contributed by atoms with E-state index in [1.54, 1.807) is 6.20 Å². The molecule has 5 heteroatoms. The number of hydrogen-bond acceptors (Lipinski definition) is 3. The van der Waals surface area contributed by atoms with E-state index >= 15 is 0 Å². The standard InChI is InChI=1S/C18H24N4O/c1-14(22-11-7-2-3-8-12-22)18(23)20-17-16(13-19-21-17)15-9-5-4-6-10-15/h4-6,9-10,13-14H,2-3,7-8,11-12H2,1H3,(H2,19,20,21,23). The number of benzene rings is 1. The van der Waals surface area contributed by atoms with Crippen LogP contribution in [0.2, 0.25) is 0 Å². The lowest BCUT2D eigenvalue weighted by Crippen LogP contribution is -2.42. The quantitative estimate of drug-likeness (QED) is 0.911. The lowest BCUT2D eigenvalue weighted by Gasteiger charge is -2.26. The summed E-state index contributed by atoms with van der Waals surface area (Å²) in [7, 11) is 0. The van der Waals surface area contributed by atoms with E-state index in [0.29, 0.717) is 5.82 Å². The second-order valence-electron chi connectivity index (χ2n) is 6.14. The summed E-state index contributed by atoms with van der Waals surface area (Å²) in [5.41, 5.74) is 1.96. The molecule has 0 saturated carbocycles. The van der Waals surface area contributed by atoms with Crippen LogP contribution in [0.15, 0.2) is 36.5 Å². The van der Waals surface area contributed by atoms with Gasteiger partial charge in [-0.05, 0) is 38.4 Å². The summed E-state index contributed by atoms with van der Waals surface area (Å²) in [5.74, 6) is 0.691. The van der Waals surface area contributed by atoms with Gasteiger partial charge < -0.3 is 5.32 Å². The van der Waals surface area contributed by atoms with Gasteiger partial charge in [-0.15, -0.1) is 0 Å². The first-order chi connectivity index (χ1) is 11.3. The van der Waals surface area contributed by atoms with E-state index in [0.717, 1.165) is 24.2 Å². The number of hydrogen-bond donors (Lipinski definition) is 2. The smallest absolute Gasteiger partial charge is 0.242 e. The van der Waals surface area contributed by atoms with Gasteiger partial charge >= 0.3 is 0 Å². The summed E-state index contributed by atoms with van der Waals surface area (Å²) in [5, 5.41) is 10.00. The average Bonchev–Trinajstić information content (AvgIpc) is 2.87. The zero-order valence-corrected chi connectivity index (χ0v) is 13.6. The minimum absolute atomic E-state index is 0.0216. The Labute approximate surface area is 137 Å². The molecule has 1 saturated heterocycles. The van der Waals surface area contributed by atoms with Crippen LogP contribution >= 0.6 is 0 Å². The highest BCUT2D eigenvalue weighted by molar-refractivity contribution is 5.97. The molecule has 0 bridgehead atoms. The van der Waals surface area contributed by atoms with Gasteiger partial charge in [-0.25, -0.2) is 0 Å². The molecule has 0 radical (unpaired) electrons. The third-order valence-electron chi connectivity index (χ3n) is 4.54. The number of likely N-dealkylation sites (tertiary alicyclic amines) is 1. The van der Waals surface area contributed by atoms with Gasteiger partial charge in [0.05, 0.1) is 12.2 Å². The maximum atomic E-state index is 12.6. The van der Waals surface area contributed by atoms with Gasteiger partial charge in [0.25, 0.3) is 0 Å². The van der Waals surface area contributed by atoms with Crippen LogP contribution in [0.4, 0.5) is 5.82 Å². The first-order valence-electron chi connectivity index (χ1n) is 8.39. The first-order valence-corrected chi connectivity index (χ1v) is 8.39. The fourth-order valence-corrected chi connectivity index (χ4v) is 3.09. The largest absolute Gasteiger partial charge is 0.309 e. The Bertz CT molecular complexity index is 629. The number of carbonyl (C=O) groups excluding carboxylic acids is 1. The minimum atomic E-state index is -0.125. The molecule has 5 nitrogen and oxygen atoms in total. The molecule has 1 aromatic heterocycles. The summed E-state index contributed by atoms with van der Waals surface area (Å²) in [6.07, 6.45) is 6.64. The lowest BCUT2D eigenvalue weighted by molar-refractivity contribution is -0.120. The molecule has 0 spiro atoms. The van der Waals surface area contributed by atoms with Gasteiger partial charge in [0.1, 0.15) is 5.82 Å². The van der Waals surface area contributed by atoms with Crippen molar-refractivity contribution in [2.45, 2.75) is 38.6 Å². The Balaban J connectivity index is 1.70. The molecule has 3 rings (SSSR count). The number of anilines is 1. The van der Waals surface area contributed by atoms with E-state index in [2.05, 4.69) is 20.4 Å². The van der Waals surface area contributed by atoms with Crippen molar-refractivity contribution in [3.8, 4) is 11.1 Å². The number of H-pyrrole nitrogens is 1. The van der Waals surface area contributed by atoms with Crippen LogP contribution in [-0.2, 0) is 4.79 Å². The number of carbonyl (C=O) groups is 1. The Kier molecular flexibility index (Phi) is 5.08. The van der Waals surface area contributed by atoms with Gasteiger partial charge in [0, 0.05) is 5.56 Å². The molecule has 23 heavy (non-hydrogen) atoms. The Morgan fingerprint density at radius 3 is 2.57 bits per heavy atom. The fourth-order valence-electron chi connectivity index (χ4n) is 3.09. The topological polar surface area (TPSA) is 61.0 Å². The molecule has 1 aliphatic heterocycles. The van der Waals surface area contributed by atoms with Crippen LogP contribution in [0.1, 0.15) is 32.6 Å². The predicted molar refractivity (Wildman–Crippen MR) is 92.2 cm³/mol. The molecule has 2 aromatic rings. The predicted octanol–water partition coefficient (Wildman–Crippen LogP) is 3.28. The van der Waals surface area contributed by atoms with E-state index in [-0.39, 0.29) is 11.9 Å². The zero-order valence-electron chi connectivity index (χ0n) is 13.6. The molecule has 0 aliphatic carbocycles. The monoisotopic (exact) mass is 312 g/mol. The van der Waals surface area contributed by atoms with Crippen LogP contribution in [0, 0.1) is 0 Å². The summed E-state index contributed by atoms with van der Waals surface area (Å²) < 4.78 is 0. The number of aromatic amines is 1. The molecule has 1 aromatic carbocycles.